The van der Waals surface area contributed by atoms with Crippen LogP contribution < -0.4 is 10.5 Å². The van der Waals surface area contributed by atoms with Gasteiger partial charge in [0.2, 0.25) is 0 Å². The summed E-state index contributed by atoms with van der Waals surface area (Å²) in [6.07, 6.45) is 2.67. The number of nitrogens with two attached hydrogens (primary N) is 1. The molecule has 0 aliphatic heterocycles. The Morgan fingerprint density at radius 1 is 1.37 bits per heavy atom. The van der Waals surface area contributed by atoms with Crippen LogP contribution in [-0.2, 0) is 4.79 Å². The molecule has 0 aliphatic rings. The number of aldehydes is 1. The third-order valence-corrected chi connectivity index (χ3v) is 3.02. The minimum absolute atomic E-state index is 0.452. The van der Waals surface area contributed by atoms with Gasteiger partial charge in [-0.15, -0.1) is 0 Å². The van der Waals surface area contributed by atoms with E-state index in [9.17, 15) is 9.59 Å². The number of carbonyl (C=O) groups excluding carboxylic acids is 2. The average Bonchev–Trinajstić information content (AvgIpc) is 2.36. The lowest BCUT2D eigenvalue weighted by Crippen LogP contribution is -2.34. The fourth-order valence-electron chi connectivity index (χ4n) is 2.03. The molecule has 0 radical (unpaired) electrons. The van der Waals surface area contributed by atoms with Crippen LogP contribution in [-0.4, -0.2) is 18.3 Å². The second-order valence-corrected chi connectivity index (χ2v) is 4.75. The number of primary amides is 1. The predicted molar refractivity (Wildman–Crippen MR) is 74.4 cm³/mol. The predicted octanol–water partition coefficient (Wildman–Crippen LogP) is 2.54. The number of hydrogen-bond donors (Lipinski definition) is 1. The van der Waals surface area contributed by atoms with Gasteiger partial charge in [0.25, 0.3) is 5.91 Å². The molecular weight excluding hydrogens is 242 g/mol. The number of amides is 1. The van der Waals surface area contributed by atoms with Crippen LogP contribution in [0.3, 0.4) is 0 Å². The molecule has 1 rings (SSSR count). The van der Waals surface area contributed by atoms with Gasteiger partial charge >= 0.3 is 0 Å². The lowest BCUT2D eigenvalue weighted by molar-refractivity contribution is -0.125. The average molecular weight is 263 g/mol. The van der Waals surface area contributed by atoms with Gasteiger partial charge in [-0.05, 0) is 49.9 Å². The summed E-state index contributed by atoms with van der Waals surface area (Å²) >= 11 is 0. The highest BCUT2D eigenvalue weighted by Gasteiger charge is 2.19. The van der Waals surface area contributed by atoms with Crippen molar-refractivity contribution in [2.45, 2.75) is 46.1 Å². The van der Waals surface area contributed by atoms with Gasteiger partial charge < -0.3 is 10.5 Å². The Balaban J connectivity index is 2.96. The molecule has 4 heteroatoms. The lowest BCUT2D eigenvalue weighted by atomic mass is 10.1. The van der Waals surface area contributed by atoms with Crippen LogP contribution in [0.5, 0.6) is 5.75 Å². The monoisotopic (exact) mass is 263 g/mol. The summed E-state index contributed by atoms with van der Waals surface area (Å²) in [5.74, 6) is 0.192. The standard InChI is InChI=1S/C15H21NO3/c1-4-5-6-13(15(16)18)19-14-10(2)7-12(9-17)8-11(14)3/h7-9,13H,4-6H2,1-3H3,(H2,16,18). The minimum Gasteiger partial charge on any atom is -0.480 e. The van der Waals surface area contributed by atoms with Crippen molar-refractivity contribution in [3.05, 3.63) is 28.8 Å². The highest BCUT2D eigenvalue weighted by molar-refractivity contribution is 5.79. The van der Waals surface area contributed by atoms with Gasteiger partial charge in [0.15, 0.2) is 6.10 Å². The Hall–Kier alpha value is -1.84. The van der Waals surface area contributed by atoms with Crippen LogP contribution in [0.2, 0.25) is 0 Å². The fraction of sp³-hybridized carbons (Fsp3) is 0.467. The Morgan fingerprint density at radius 2 is 1.95 bits per heavy atom. The highest BCUT2D eigenvalue weighted by Crippen LogP contribution is 2.26. The van der Waals surface area contributed by atoms with Gasteiger partial charge in [0, 0.05) is 5.56 Å². The van der Waals surface area contributed by atoms with Crippen LogP contribution in [0.4, 0.5) is 0 Å². The molecule has 0 bridgehead atoms. The van der Waals surface area contributed by atoms with E-state index in [-0.39, 0.29) is 0 Å². The molecule has 1 atom stereocenters. The van der Waals surface area contributed by atoms with Crippen LogP contribution in [0.25, 0.3) is 0 Å². The first-order valence-corrected chi connectivity index (χ1v) is 6.52. The molecule has 1 amide bonds. The molecule has 0 aliphatic carbocycles. The van der Waals surface area contributed by atoms with E-state index in [1.54, 1.807) is 12.1 Å². The Bertz CT molecular complexity index is 445. The molecule has 0 fully saturated rings. The van der Waals surface area contributed by atoms with Crippen molar-refractivity contribution >= 4 is 12.2 Å². The molecule has 0 spiro atoms. The topological polar surface area (TPSA) is 69.4 Å². The van der Waals surface area contributed by atoms with Crippen LogP contribution in [0, 0.1) is 13.8 Å². The maximum Gasteiger partial charge on any atom is 0.258 e. The molecule has 19 heavy (non-hydrogen) atoms. The first-order valence-electron chi connectivity index (χ1n) is 6.52. The summed E-state index contributed by atoms with van der Waals surface area (Å²) in [4.78, 5) is 22.2. The van der Waals surface area contributed by atoms with E-state index >= 15 is 0 Å². The van der Waals surface area contributed by atoms with Gasteiger partial charge in [0.05, 0.1) is 0 Å². The SMILES string of the molecule is CCCCC(Oc1c(C)cc(C=O)cc1C)C(N)=O. The van der Waals surface area contributed by atoms with Crippen molar-refractivity contribution in [3.63, 3.8) is 0 Å². The second kappa shape index (κ2) is 6.92. The number of unbranched alkanes of at least 4 members (excludes halogenated alkanes) is 1. The third kappa shape index (κ3) is 4.09. The molecule has 2 N–H and O–H groups in total. The van der Waals surface area contributed by atoms with E-state index in [1.165, 1.54) is 0 Å². The number of rotatable bonds is 7. The largest absolute Gasteiger partial charge is 0.480 e. The second-order valence-electron chi connectivity index (χ2n) is 4.75. The van der Waals surface area contributed by atoms with Gasteiger partial charge in [0.1, 0.15) is 12.0 Å². The molecule has 1 aromatic carbocycles. The van der Waals surface area contributed by atoms with Crippen molar-refractivity contribution in [3.8, 4) is 5.75 Å². The molecule has 0 saturated carbocycles. The number of carbonyl (C=O) groups is 2. The smallest absolute Gasteiger partial charge is 0.258 e. The van der Waals surface area contributed by atoms with E-state index in [4.69, 9.17) is 10.5 Å². The zero-order chi connectivity index (χ0) is 14.4. The molecule has 1 aromatic rings. The quantitative estimate of drug-likeness (QED) is 0.768. The molecule has 104 valence electrons. The Morgan fingerprint density at radius 3 is 2.37 bits per heavy atom. The van der Waals surface area contributed by atoms with Crippen molar-refractivity contribution < 1.29 is 14.3 Å². The summed E-state index contributed by atoms with van der Waals surface area (Å²) < 4.78 is 5.75. The van der Waals surface area contributed by atoms with Crippen molar-refractivity contribution in [2.24, 2.45) is 5.73 Å². The van der Waals surface area contributed by atoms with Gasteiger partial charge in [-0.3, -0.25) is 9.59 Å². The summed E-state index contributed by atoms with van der Waals surface area (Å²) in [6.45, 7) is 5.76. The molecular formula is C15H21NO3. The minimum atomic E-state index is -0.612. The Kier molecular flexibility index (Phi) is 5.55. The van der Waals surface area contributed by atoms with Crippen molar-refractivity contribution in [1.82, 2.24) is 0 Å². The molecule has 0 saturated heterocycles. The maximum absolute atomic E-state index is 11.4. The number of ether oxygens (including phenoxy) is 1. The highest BCUT2D eigenvalue weighted by atomic mass is 16.5. The maximum atomic E-state index is 11.4. The number of hydrogen-bond acceptors (Lipinski definition) is 3. The first kappa shape index (κ1) is 15.2. The summed E-state index contributed by atoms with van der Waals surface area (Å²) in [5.41, 5.74) is 7.64. The van der Waals surface area contributed by atoms with E-state index in [0.29, 0.717) is 17.7 Å². The van der Waals surface area contributed by atoms with Gasteiger partial charge in [-0.2, -0.15) is 0 Å². The fourth-order valence-corrected chi connectivity index (χ4v) is 2.03. The first-order chi connectivity index (χ1) is 8.99. The number of benzene rings is 1. The molecule has 0 aromatic heterocycles. The molecule has 0 heterocycles. The van der Waals surface area contributed by atoms with Crippen molar-refractivity contribution in [1.29, 1.82) is 0 Å². The zero-order valence-electron chi connectivity index (χ0n) is 11.7. The lowest BCUT2D eigenvalue weighted by Gasteiger charge is -2.19. The van der Waals surface area contributed by atoms with Crippen LogP contribution in [0.1, 0.15) is 47.7 Å². The van der Waals surface area contributed by atoms with E-state index in [1.807, 2.05) is 20.8 Å². The van der Waals surface area contributed by atoms with Crippen LogP contribution >= 0.6 is 0 Å². The Labute approximate surface area is 113 Å². The molecule has 4 nitrogen and oxygen atoms in total. The number of aryl methyl sites for hydroxylation is 2. The molecule has 1 unspecified atom stereocenters. The summed E-state index contributed by atoms with van der Waals surface area (Å²) in [6, 6.07) is 3.49. The summed E-state index contributed by atoms with van der Waals surface area (Å²) in [7, 11) is 0. The van der Waals surface area contributed by atoms with E-state index < -0.39 is 12.0 Å². The normalized spacial score (nSPS) is 11.9. The van der Waals surface area contributed by atoms with Crippen molar-refractivity contribution in [2.75, 3.05) is 0 Å². The van der Waals surface area contributed by atoms with Crippen LogP contribution in [0.15, 0.2) is 12.1 Å². The van der Waals surface area contributed by atoms with Gasteiger partial charge in [-0.25, -0.2) is 0 Å². The van der Waals surface area contributed by atoms with E-state index in [2.05, 4.69) is 0 Å². The van der Waals surface area contributed by atoms with Gasteiger partial charge in [-0.1, -0.05) is 13.3 Å². The summed E-state index contributed by atoms with van der Waals surface area (Å²) in [5, 5.41) is 0. The zero-order valence-corrected chi connectivity index (χ0v) is 11.7. The van der Waals surface area contributed by atoms with E-state index in [0.717, 1.165) is 30.3 Å². The third-order valence-electron chi connectivity index (χ3n) is 3.02.